The lowest BCUT2D eigenvalue weighted by atomic mass is 10.2. The molecule has 0 saturated carbocycles. The average molecular weight is 273 g/mol. The van der Waals surface area contributed by atoms with Gasteiger partial charge in [-0.2, -0.15) is 0 Å². The molecule has 0 aromatic heterocycles. The molecule has 0 unspecified atom stereocenters. The molecule has 1 N–H and O–H groups in total. The minimum absolute atomic E-state index is 0.274. The van der Waals surface area contributed by atoms with Gasteiger partial charge in [0.15, 0.2) is 11.6 Å². The third-order valence-corrected chi connectivity index (χ3v) is 2.96. The Balaban J connectivity index is 2.52. The second-order valence-corrected chi connectivity index (χ2v) is 4.07. The molecule has 1 aliphatic heterocycles. The fourth-order valence-corrected chi connectivity index (χ4v) is 2.09. The van der Waals surface area contributed by atoms with Gasteiger partial charge in [0, 0.05) is 26.2 Å². The molecule has 104 valence electrons. The highest BCUT2D eigenvalue weighted by molar-refractivity contribution is 5.62. The summed E-state index contributed by atoms with van der Waals surface area (Å²) in [7, 11) is 1.12. The van der Waals surface area contributed by atoms with E-state index in [2.05, 4.69) is 5.32 Å². The molecule has 1 aliphatic rings. The van der Waals surface area contributed by atoms with Crippen molar-refractivity contribution in [2.45, 2.75) is 0 Å². The fourth-order valence-electron chi connectivity index (χ4n) is 2.09. The van der Waals surface area contributed by atoms with E-state index in [1.54, 1.807) is 0 Å². The van der Waals surface area contributed by atoms with Crippen LogP contribution in [0.5, 0.6) is 5.75 Å². The number of hydrogen-bond donors (Lipinski definition) is 1. The molecule has 1 heterocycles. The van der Waals surface area contributed by atoms with E-state index in [0.717, 1.165) is 7.11 Å². The summed E-state index contributed by atoms with van der Waals surface area (Å²) < 4.78 is 32.8. The van der Waals surface area contributed by atoms with Gasteiger partial charge in [0.2, 0.25) is 5.75 Å². The summed E-state index contributed by atoms with van der Waals surface area (Å²) in [6, 6.07) is 0.694. The number of halogens is 2. The Morgan fingerprint density at radius 1 is 1.42 bits per heavy atom. The molecule has 1 saturated heterocycles. The number of piperazine rings is 1. The van der Waals surface area contributed by atoms with Crippen molar-refractivity contribution >= 4 is 11.4 Å². The fraction of sp³-hybridized carbons (Fsp3) is 0.455. The normalized spacial score (nSPS) is 15.4. The second kappa shape index (κ2) is 5.35. The lowest BCUT2D eigenvalue weighted by Crippen LogP contribution is -2.44. The maximum atomic E-state index is 14.2. The lowest BCUT2D eigenvalue weighted by Gasteiger charge is -2.30. The number of methoxy groups -OCH3 is 1. The third kappa shape index (κ3) is 2.43. The van der Waals surface area contributed by atoms with Crippen LogP contribution in [0.25, 0.3) is 0 Å². The first-order valence-corrected chi connectivity index (χ1v) is 5.72. The molecule has 8 heteroatoms. The Kier molecular flexibility index (Phi) is 3.79. The van der Waals surface area contributed by atoms with Crippen molar-refractivity contribution in [2.75, 3.05) is 38.2 Å². The summed E-state index contributed by atoms with van der Waals surface area (Å²) in [5.41, 5.74) is -0.986. The number of nitro groups is 1. The molecule has 0 aliphatic carbocycles. The average Bonchev–Trinajstić information content (AvgIpc) is 2.39. The summed E-state index contributed by atoms with van der Waals surface area (Å²) in [5, 5.41) is 13.8. The summed E-state index contributed by atoms with van der Waals surface area (Å²) in [4.78, 5) is 11.4. The zero-order valence-corrected chi connectivity index (χ0v) is 10.3. The Labute approximate surface area is 108 Å². The van der Waals surface area contributed by atoms with Crippen LogP contribution in [0.15, 0.2) is 6.07 Å². The van der Waals surface area contributed by atoms with Crippen molar-refractivity contribution in [3.8, 4) is 5.75 Å². The van der Waals surface area contributed by atoms with E-state index in [-0.39, 0.29) is 5.69 Å². The van der Waals surface area contributed by atoms with E-state index in [9.17, 15) is 18.9 Å². The molecule has 0 atom stereocenters. The quantitative estimate of drug-likeness (QED) is 0.664. The van der Waals surface area contributed by atoms with Gasteiger partial charge >= 0.3 is 5.69 Å². The first-order chi connectivity index (χ1) is 9.06. The number of nitro benzene ring substituents is 1. The van der Waals surface area contributed by atoms with Crippen LogP contribution in [-0.2, 0) is 0 Å². The van der Waals surface area contributed by atoms with E-state index in [4.69, 9.17) is 4.74 Å². The highest BCUT2D eigenvalue weighted by Crippen LogP contribution is 2.38. The standard InChI is InChI=1S/C11H13F2N3O3/c1-19-11-8(16(17)18)6-7(12)10(9(11)13)15-4-2-14-3-5-15/h6,14H,2-5H2,1H3. The molecule has 1 aromatic carbocycles. The largest absolute Gasteiger partial charge is 0.488 e. The van der Waals surface area contributed by atoms with Crippen LogP contribution in [0.3, 0.4) is 0 Å². The van der Waals surface area contributed by atoms with E-state index >= 15 is 0 Å². The maximum Gasteiger partial charge on any atom is 0.317 e. The van der Waals surface area contributed by atoms with Crippen LogP contribution < -0.4 is 15.0 Å². The van der Waals surface area contributed by atoms with Gasteiger partial charge in [-0.15, -0.1) is 0 Å². The van der Waals surface area contributed by atoms with Crippen LogP contribution >= 0.6 is 0 Å². The summed E-state index contributed by atoms with van der Waals surface area (Å²) >= 11 is 0. The van der Waals surface area contributed by atoms with Crippen LogP contribution in [-0.4, -0.2) is 38.2 Å². The number of benzene rings is 1. The van der Waals surface area contributed by atoms with Crippen LogP contribution in [0, 0.1) is 21.7 Å². The molecule has 6 nitrogen and oxygen atoms in total. The van der Waals surface area contributed by atoms with E-state index in [0.29, 0.717) is 32.2 Å². The maximum absolute atomic E-state index is 14.2. The minimum atomic E-state index is -1.03. The van der Waals surface area contributed by atoms with E-state index in [1.165, 1.54) is 4.90 Å². The smallest absolute Gasteiger partial charge is 0.317 e. The molecular weight excluding hydrogens is 260 g/mol. The topological polar surface area (TPSA) is 67.6 Å². The van der Waals surface area contributed by atoms with Crippen molar-refractivity contribution in [3.05, 3.63) is 27.8 Å². The van der Waals surface area contributed by atoms with Crippen molar-refractivity contribution in [1.82, 2.24) is 5.32 Å². The molecule has 0 bridgehead atoms. The summed E-state index contributed by atoms with van der Waals surface area (Å²) in [6.45, 7) is 2.04. The van der Waals surface area contributed by atoms with E-state index in [1.807, 2.05) is 0 Å². The van der Waals surface area contributed by atoms with Crippen molar-refractivity contribution in [2.24, 2.45) is 0 Å². The van der Waals surface area contributed by atoms with Gasteiger partial charge in [-0.05, 0) is 0 Å². The monoisotopic (exact) mass is 273 g/mol. The van der Waals surface area contributed by atoms with Gasteiger partial charge in [-0.25, -0.2) is 8.78 Å². The predicted octanol–water partition coefficient (Wildman–Crippen LogP) is 1.29. The molecule has 0 amide bonds. The molecule has 19 heavy (non-hydrogen) atoms. The minimum Gasteiger partial charge on any atom is -0.488 e. The lowest BCUT2D eigenvalue weighted by molar-refractivity contribution is -0.386. The SMILES string of the molecule is COc1c([N+](=O)[O-])cc(F)c(N2CCNCC2)c1F. The number of nitrogens with one attached hydrogen (secondary N) is 1. The Bertz CT molecular complexity index is 504. The van der Waals surface area contributed by atoms with Crippen LogP contribution in [0.2, 0.25) is 0 Å². The highest BCUT2D eigenvalue weighted by atomic mass is 19.1. The Hall–Kier alpha value is -1.96. The van der Waals surface area contributed by atoms with Gasteiger partial charge < -0.3 is 15.0 Å². The van der Waals surface area contributed by atoms with Crippen molar-refractivity contribution in [1.29, 1.82) is 0 Å². The number of anilines is 1. The molecule has 2 rings (SSSR count). The molecule has 0 spiro atoms. The number of ether oxygens (including phenoxy) is 1. The first-order valence-electron chi connectivity index (χ1n) is 5.72. The molecule has 1 fully saturated rings. The van der Waals surface area contributed by atoms with Crippen LogP contribution in [0.4, 0.5) is 20.2 Å². The van der Waals surface area contributed by atoms with Gasteiger partial charge in [0.1, 0.15) is 5.69 Å². The van der Waals surface area contributed by atoms with Crippen molar-refractivity contribution in [3.63, 3.8) is 0 Å². The second-order valence-electron chi connectivity index (χ2n) is 4.07. The highest BCUT2D eigenvalue weighted by Gasteiger charge is 2.29. The number of nitrogens with zero attached hydrogens (tertiary/aromatic N) is 2. The molecule has 1 aromatic rings. The Morgan fingerprint density at radius 3 is 2.58 bits per heavy atom. The third-order valence-electron chi connectivity index (χ3n) is 2.96. The van der Waals surface area contributed by atoms with Crippen molar-refractivity contribution < 1.29 is 18.4 Å². The van der Waals surface area contributed by atoms with Crippen LogP contribution in [0.1, 0.15) is 0 Å². The number of hydrogen-bond acceptors (Lipinski definition) is 5. The molecular formula is C11H13F2N3O3. The van der Waals surface area contributed by atoms with Gasteiger partial charge in [-0.3, -0.25) is 10.1 Å². The number of rotatable bonds is 3. The zero-order chi connectivity index (χ0) is 14.0. The predicted molar refractivity (Wildman–Crippen MR) is 64.6 cm³/mol. The molecule has 0 radical (unpaired) electrons. The first kappa shape index (κ1) is 13.5. The summed E-state index contributed by atoms with van der Waals surface area (Å²) in [5.74, 6) is -2.53. The van der Waals surface area contributed by atoms with Gasteiger partial charge in [0.25, 0.3) is 0 Å². The van der Waals surface area contributed by atoms with Gasteiger partial charge in [-0.1, -0.05) is 0 Å². The zero-order valence-electron chi connectivity index (χ0n) is 10.3. The van der Waals surface area contributed by atoms with E-state index < -0.39 is 28.0 Å². The van der Waals surface area contributed by atoms with Gasteiger partial charge in [0.05, 0.1) is 18.1 Å². The summed E-state index contributed by atoms with van der Waals surface area (Å²) in [6.07, 6.45) is 0. The Morgan fingerprint density at radius 2 is 2.05 bits per heavy atom.